The van der Waals surface area contributed by atoms with Crippen LogP contribution in [0.15, 0.2) is 528 Å². The summed E-state index contributed by atoms with van der Waals surface area (Å²) >= 11 is 1.88. The van der Waals surface area contributed by atoms with Gasteiger partial charge in [0.2, 0.25) is 0 Å². The van der Waals surface area contributed by atoms with Gasteiger partial charge in [0.05, 0.1) is 76.4 Å². The molecule has 0 unspecified atom stereocenters. The molecule has 12 heteroatoms. The summed E-state index contributed by atoms with van der Waals surface area (Å²) in [5.74, 6) is 3.84. The Balaban J connectivity index is 0.000000107. The maximum absolute atomic E-state index is 5.02. The van der Waals surface area contributed by atoms with Crippen molar-refractivity contribution >= 4 is 189 Å². The zero-order valence-corrected chi connectivity index (χ0v) is 81.9. The second-order valence-corrected chi connectivity index (χ2v) is 39.3. The van der Waals surface area contributed by atoms with Gasteiger partial charge >= 0.3 is 0 Å². The predicted molar refractivity (Wildman–Crippen MR) is 628 cm³/mol. The average Bonchev–Trinajstić information content (AvgIpc) is 1.54. The van der Waals surface area contributed by atoms with Crippen LogP contribution in [0.5, 0.6) is 0 Å². The second kappa shape index (κ2) is 36.1. The zero-order chi connectivity index (χ0) is 98.8. The maximum Gasteiger partial charge on any atom is 0.164 e. The van der Waals surface area contributed by atoms with E-state index in [1.807, 2.05) is 133 Å². The fourth-order valence-corrected chi connectivity index (χ4v) is 24.1. The second-order valence-electron chi connectivity index (χ2n) is 38.2. The van der Waals surface area contributed by atoms with Gasteiger partial charge in [-0.05, 0) is 177 Å². The van der Waals surface area contributed by atoms with Gasteiger partial charge in [-0.25, -0.2) is 29.9 Å². The van der Waals surface area contributed by atoms with Gasteiger partial charge in [-0.1, -0.05) is 400 Å². The Bertz CT molecular complexity index is 10900. The highest BCUT2D eigenvalue weighted by atomic mass is 32.1. The molecule has 0 atom stereocenters. The van der Waals surface area contributed by atoms with E-state index in [1.54, 1.807) is 0 Å². The minimum Gasteiger partial charge on any atom is -0.308 e. The normalized spacial score (nSPS) is 11.7. The summed E-state index contributed by atoms with van der Waals surface area (Å²) in [7, 11) is 0. The van der Waals surface area contributed by atoms with Crippen molar-refractivity contribution in [2.75, 3.05) is 0 Å². The van der Waals surface area contributed by atoms with E-state index in [0.717, 1.165) is 77.9 Å². The molecule has 8 aromatic heterocycles. The van der Waals surface area contributed by atoms with Crippen molar-refractivity contribution < 1.29 is 0 Å². The fraction of sp³-hybridized carbons (Fsp3) is 0. The van der Waals surface area contributed by atoms with Gasteiger partial charge in [0, 0.05) is 119 Å². The van der Waals surface area contributed by atoms with Crippen LogP contribution in [0.25, 0.3) is 280 Å². The first-order chi connectivity index (χ1) is 74.4. The average molecular weight is 1930 g/mol. The summed E-state index contributed by atoms with van der Waals surface area (Å²) in [5, 5.41) is 22.5. The minimum atomic E-state index is 0.627. The monoisotopic (exact) mass is 1930 g/mol. The SMILES string of the molecule is c1ccc(-c2ccc(-c3ccc4c(c3)c3cccc5c6ccccc6sc6c7ccccc7ccc6n4c53)cc2)cc1.c1ccc(-c2nc(-c3ccccc3)nc(-c3ccc(-n4c5ccccc5c5cc6ccccc6c6c7c8ccccc8ccc7n(c7ccccc74)c56)cc3)n2)cc1.c1ccc(-c2nc(-c3ccccc3)nc(-c3ccc(-n4c5ccccc5c5cccc6c7ccccc7n(c7ccccc74)c56)cc3)n2)cc1. The highest BCUT2D eigenvalue weighted by Crippen LogP contribution is 2.48. The molecule has 31 aromatic rings. The summed E-state index contributed by atoms with van der Waals surface area (Å²) in [6, 6.07) is 188. The number of fused-ring (bicyclic) bond motifs is 27. The molecule has 0 radical (unpaired) electrons. The van der Waals surface area contributed by atoms with E-state index >= 15 is 0 Å². The van der Waals surface area contributed by atoms with Crippen molar-refractivity contribution in [1.29, 1.82) is 0 Å². The summed E-state index contributed by atoms with van der Waals surface area (Å²) in [4.78, 5) is 29.8. The van der Waals surface area contributed by atoms with Crippen molar-refractivity contribution in [3.05, 3.63) is 528 Å². The van der Waals surface area contributed by atoms with Gasteiger partial charge in [0.1, 0.15) is 0 Å². The van der Waals surface area contributed by atoms with Crippen molar-refractivity contribution in [1.82, 2.24) is 52.2 Å². The Morgan fingerprint density at radius 2 is 0.440 bits per heavy atom. The first-order valence-electron chi connectivity index (χ1n) is 50.8. The summed E-state index contributed by atoms with van der Waals surface area (Å²) in [5.41, 5.74) is 27.9. The number of para-hydroxylation sites is 9. The fourth-order valence-electron chi connectivity index (χ4n) is 22.9. The van der Waals surface area contributed by atoms with Crippen LogP contribution >= 0.6 is 11.3 Å². The topological polar surface area (TPSA) is 100 Å². The Morgan fingerprint density at radius 3 is 0.927 bits per heavy atom. The molecular formula is C138H87N11S. The molecule has 11 nitrogen and oxygen atoms in total. The number of rotatable bonds is 10. The van der Waals surface area contributed by atoms with Crippen molar-refractivity contribution in [2.24, 2.45) is 0 Å². The van der Waals surface area contributed by atoms with Crippen LogP contribution in [0, 0.1) is 0 Å². The highest BCUT2D eigenvalue weighted by molar-refractivity contribution is 7.25. The first-order valence-corrected chi connectivity index (χ1v) is 51.6. The van der Waals surface area contributed by atoms with Crippen LogP contribution in [0.3, 0.4) is 0 Å². The molecule has 31 rings (SSSR count). The third-order valence-electron chi connectivity index (χ3n) is 29.7. The molecule has 0 spiro atoms. The molecule has 0 N–H and O–H groups in total. The molecule has 0 aliphatic rings. The highest BCUT2D eigenvalue weighted by Gasteiger charge is 2.26. The molecule has 0 aliphatic heterocycles. The lowest BCUT2D eigenvalue weighted by Crippen LogP contribution is -2.02. The lowest BCUT2D eigenvalue weighted by Gasteiger charge is -2.17. The van der Waals surface area contributed by atoms with Crippen LogP contribution in [-0.2, 0) is 0 Å². The number of aromatic nitrogens is 11. The Morgan fingerprint density at radius 1 is 0.147 bits per heavy atom. The van der Waals surface area contributed by atoms with Gasteiger partial charge in [-0.2, -0.15) is 0 Å². The van der Waals surface area contributed by atoms with Crippen LogP contribution in [0.2, 0.25) is 0 Å². The van der Waals surface area contributed by atoms with E-state index in [9.17, 15) is 0 Å². The molecule has 150 heavy (non-hydrogen) atoms. The van der Waals surface area contributed by atoms with Gasteiger partial charge in [0.15, 0.2) is 34.9 Å². The van der Waals surface area contributed by atoms with Gasteiger partial charge in [-0.15, -0.1) is 11.3 Å². The van der Waals surface area contributed by atoms with Crippen molar-refractivity contribution in [3.63, 3.8) is 0 Å². The smallest absolute Gasteiger partial charge is 0.164 e. The molecule has 0 saturated heterocycles. The molecular weight excluding hydrogens is 1840 g/mol. The third kappa shape index (κ3) is 14.6. The van der Waals surface area contributed by atoms with Crippen LogP contribution in [-0.4, -0.2) is 52.2 Å². The van der Waals surface area contributed by atoms with E-state index in [2.05, 4.69) is 429 Å². The Hall–Kier alpha value is -19.9. The zero-order valence-electron chi connectivity index (χ0n) is 81.1. The molecule has 0 saturated carbocycles. The van der Waals surface area contributed by atoms with Crippen molar-refractivity contribution in [3.8, 4) is 102 Å². The van der Waals surface area contributed by atoms with Crippen LogP contribution in [0.4, 0.5) is 0 Å². The molecule has 0 amide bonds. The van der Waals surface area contributed by atoms with E-state index in [1.165, 1.54) is 167 Å². The van der Waals surface area contributed by atoms with Gasteiger partial charge < -0.3 is 22.3 Å². The quantitative estimate of drug-likeness (QED) is 0.135. The summed E-state index contributed by atoms with van der Waals surface area (Å²) in [6.07, 6.45) is 0. The van der Waals surface area contributed by atoms with E-state index < -0.39 is 0 Å². The standard InChI is InChI=1S/C53H33N5.C45H29N5.C40H25NS/c1-3-16-35(17-4-1)51-54-52(36-18-5-2-6-19-36)56-53(55-51)37-27-30-39(31-28-37)57-44-24-12-11-23-42(44)43-33-38-20-8-10-22-41(38)49-48-40-21-9-7-15-34(40)29-32-47(48)58(50(43)49)46-26-14-13-25-45(46)57;1-3-14-30(15-4-1)43-46-44(31-16-5-2-6-17-31)48-45(47-43)32-26-28-33(29-27-32)49-38-22-9-7-18-34(38)36-20-13-21-37-35-19-8-10-23-39(35)50(42(36)37)41-25-12-11-24-40(41)49;1-2-9-26(10-3-1)27-17-19-28(20-18-27)30-22-23-36-35(25-30)34-15-8-14-33-32-13-6-7-16-38(32)42-40-31-12-5-4-11-29(31)21-24-37(40)41(36)39(33)34/h1-33H;1-29H;1-25H. The molecule has 700 valence electrons. The van der Waals surface area contributed by atoms with Crippen LogP contribution in [0.1, 0.15) is 0 Å². The Kier molecular flexibility index (Phi) is 20.9. The Labute approximate surface area is 865 Å². The number of hydrogen-bond donors (Lipinski definition) is 0. The summed E-state index contributed by atoms with van der Waals surface area (Å²) in [6.45, 7) is 0. The predicted octanol–water partition coefficient (Wildman–Crippen LogP) is 36.2. The lowest BCUT2D eigenvalue weighted by atomic mass is 9.97. The van der Waals surface area contributed by atoms with E-state index in [-0.39, 0.29) is 0 Å². The van der Waals surface area contributed by atoms with Gasteiger partial charge in [-0.3, -0.25) is 0 Å². The van der Waals surface area contributed by atoms with E-state index in [4.69, 9.17) is 29.9 Å². The number of benzene rings is 23. The third-order valence-corrected chi connectivity index (χ3v) is 30.9. The molecule has 23 aromatic carbocycles. The van der Waals surface area contributed by atoms with Crippen LogP contribution < -0.4 is 0 Å². The summed E-state index contributed by atoms with van der Waals surface area (Å²) < 4.78 is 14.8. The molecule has 8 heterocycles. The number of nitrogens with zero attached hydrogens (tertiary/aromatic N) is 11. The number of hydrogen-bond acceptors (Lipinski definition) is 7. The molecule has 0 fully saturated rings. The van der Waals surface area contributed by atoms with Crippen molar-refractivity contribution in [2.45, 2.75) is 0 Å². The lowest BCUT2D eigenvalue weighted by molar-refractivity contribution is 1.07. The van der Waals surface area contributed by atoms with Gasteiger partial charge in [0.25, 0.3) is 0 Å². The maximum atomic E-state index is 5.02. The molecule has 0 bridgehead atoms. The van der Waals surface area contributed by atoms with E-state index in [0.29, 0.717) is 34.9 Å². The minimum absolute atomic E-state index is 0.627. The molecule has 0 aliphatic carbocycles. The first kappa shape index (κ1) is 86.7. The largest absolute Gasteiger partial charge is 0.308 e.